The van der Waals surface area contributed by atoms with E-state index in [1.165, 1.54) is 0 Å². The first-order valence-corrected chi connectivity index (χ1v) is 11.7. The van der Waals surface area contributed by atoms with Crippen molar-refractivity contribution in [2.24, 2.45) is 5.73 Å². The summed E-state index contributed by atoms with van der Waals surface area (Å²) >= 11 is 6.23. The van der Waals surface area contributed by atoms with Gasteiger partial charge >= 0.3 is 0 Å². The molecular formula is C24H29ClN6O4. The summed E-state index contributed by atoms with van der Waals surface area (Å²) in [6.07, 6.45) is 2.98. The Morgan fingerprint density at radius 1 is 1.26 bits per heavy atom. The maximum absolute atomic E-state index is 12.6. The highest BCUT2D eigenvalue weighted by molar-refractivity contribution is 6.32. The van der Waals surface area contributed by atoms with Gasteiger partial charge in [-0.05, 0) is 58.4 Å². The summed E-state index contributed by atoms with van der Waals surface area (Å²) in [7, 11) is 1.54. The number of nitrogens with zero attached hydrogens (tertiary/aromatic N) is 4. The van der Waals surface area contributed by atoms with E-state index >= 15 is 0 Å². The number of aromatic amines is 1. The van der Waals surface area contributed by atoms with Crippen LogP contribution in [0, 0.1) is 0 Å². The molecule has 0 fully saturated rings. The van der Waals surface area contributed by atoms with Gasteiger partial charge in [-0.15, -0.1) is 0 Å². The highest BCUT2D eigenvalue weighted by Crippen LogP contribution is 2.31. The van der Waals surface area contributed by atoms with Gasteiger partial charge in [-0.25, -0.2) is 4.52 Å². The number of hydrogen-bond donors (Lipinski definition) is 2. The molecule has 0 spiro atoms. The lowest BCUT2D eigenvalue weighted by molar-refractivity contribution is -0.00660. The molecule has 0 aliphatic carbocycles. The first-order valence-electron chi connectivity index (χ1n) is 11.3. The van der Waals surface area contributed by atoms with E-state index in [0.717, 1.165) is 5.69 Å². The van der Waals surface area contributed by atoms with Crippen LogP contribution < -0.4 is 16.0 Å². The Labute approximate surface area is 207 Å². The van der Waals surface area contributed by atoms with Crippen molar-refractivity contribution in [1.82, 2.24) is 24.7 Å². The minimum Gasteiger partial charge on any atom is -0.495 e. The molecule has 0 aliphatic rings. The zero-order chi connectivity index (χ0) is 25.2. The molecule has 1 unspecified atom stereocenters. The van der Waals surface area contributed by atoms with Crippen molar-refractivity contribution in [3.8, 4) is 28.6 Å². The molecular weight excluding hydrogens is 472 g/mol. The average Bonchev–Trinajstić information content (AvgIpc) is 3.44. The molecule has 4 aromatic rings. The molecule has 3 N–H and O–H groups in total. The van der Waals surface area contributed by atoms with Crippen LogP contribution in [-0.4, -0.2) is 50.6 Å². The number of halogens is 1. The summed E-state index contributed by atoms with van der Waals surface area (Å²) in [6.45, 7) is 7.03. The Balaban J connectivity index is 1.68. The standard InChI is InChI=1S/C24H29ClN6O4/c1-24(2,3)34-10-8-14(7-9-26)18-12-20(32)28-22-16(13-27-31(18)22)23-29-21(30-35-23)15-5-6-19(33-4)17(25)11-15/h5-6,11-14H,7-10,26H2,1-4H3,(H,28,32). The predicted molar refractivity (Wildman–Crippen MR) is 133 cm³/mol. The van der Waals surface area contributed by atoms with Crippen molar-refractivity contribution in [3.63, 3.8) is 0 Å². The molecule has 0 radical (unpaired) electrons. The highest BCUT2D eigenvalue weighted by atomic mass is 35.5. The molecule has 186 valence electrons. The number of rotatable bonds is 9. The van der Waals surface area contributed by atoms with Crippen molar-refractivity contribution in [2.45, 2.75) is 45.1 Å². The Hall–Kier alpha value is -3.21. The maximum atomic E-state index is 12.6. The monoisotopic (exact) mass is 500 g/mol. The number of H-pyrrole nitrogens is 1. The van der Waals surface area contributed by atoms with Gasteiger partial charge in [0.2, 0.25) is 5.82 Å². The second-order valence-corrected chi connectivity index (χ2v) is 9.58. The van der Waals surface area contributed by atoms with E-state index in [-0.39, 0.29) is 23.0 Å². The first-order chi connectivity index (χ1) is 16.7. The summed E-state index contributed by atoms with van der Waals surface area (Å²) in [5, 5.41) is 9.02. The Morgan fingerprint density at radius 3 is 2.74 bits per heavy atom. The largest absolute Gasteiger partial charge is 0.495 e. The second-order valence-electron chi connectivity index (χ2n) is 9.17. The van der Waals surface area contributed by atoms with Gasteiger partial charge in [-0.1, -0.05) is 16.8 Å². The van der Waals surface area contributed by atoms with Gasteiger partial charge in [0.15, 0.2) is 0 Å². The third-order valence-corrected chi connectivity index (χ3v) is 5.83. The summed E-state index contributed by atoms with van der Waals surface area (Å²) in [5.74, 6) is 1.11. The van der Waals surface area contributed by atoms with Crippen molar-refractivity contribution in [2.75, 3.05) is 20.3 Å². The number of aromatic nitrogens is 5. The van der Waals surface area contributed by atoms with Gasteiger partial charge in [0, 0.05) is 24.2 Å². The third-order valence-electron chi connectivity index (χ3n) is 5.54. The van der Waals surface area contributed by atoms with Crippen LogP contribution in [0.4, 0.5) is 0 Å². The fourth-order valence-electron chi connectivity index (χ4n) is 3.86. The van der Waals surface area contributed by atoms with E-state index in [4.69, 9.17) is 31.3 Å². The molecule has 0 aliphatic heterocycles. The minimum absolute atomic E-state index is 0.0143. The van der Waals surface area contributed by atoms with Crippen LogP contribution in [0.3, 0.4) is 0 Å². The van der Waals surface area contributed by atoms with Gasteiger partial charge in [-0.2, -0.15) is 10.1 Å². The molecule has 10 nitrogen and oxygen atoms in total. The Morgan fingerprint density at radius 2 is 2.06 bits per heavy atom. The quantitative estimate of drug-likeness (QED) is 0.351. The summed E-state index contributed by atoms with van der Waals surface area (Å²) in [5.41, 5.74) is 7.77. The lowest BCUT2D eigenvalue weighted by Gasteiger charge is -2.22. The molecule has 4 rings (SSSR count). The van der Waals surface area contributed by atoms with E-state index in [2.05, 4.69) is 20.2 Å². The highest BCUT2D eigenvalue weighted by Gasteiger charge is 2.22. The third kappa shape index (κ3) is 5.55. The number of methoxy groups -OCH3 is 1. The maximum Gasteiger partial charge on any atom is 0.263 e. The summed E-state index contributed by atoms with van der Waals surface area (Å²) in [4.78, 5) is 19.9. The van der Waals surface area contributed by atoms with Crippen molar-refractivity contribution < 1.29 is 14.0 Å². The van der Waals surface area contributed by atoms with E-state index in [1.54, 1.807) is 42.1 Å². The van der Waals surface area contributed by atoms with E-state index in [1.807, 2.05) is 20.8 Å². The number of ether oxygens (including phenoxy) is 2. The van der Waals surface area contributed by atoms with Gasteiger partial charge in [-0.3, -0.25) is 4.79 Å². The van der Waals surface area contributed by atoms with Crippen LogP contribution in [0.1, 0.15) is 45.2 Å². The lowest BCUT2D eigenvalue weighted by Crippen LogP contribution is -2.23. The number of hydrogen-bond acceptors (Lipinski definition) is 8. The van der Waals surface area contributed by atoms with Crippen LogP contribution in [-0.2, 0) is 4.74 Å². The predicted octanol–water partition coefficient (Wildman–Crippen LogP) is 4.04. The van der Waals surface area contributed by atoms with E-state index in [0.29, 0.717) is 59.4 Å². The van der Waals surface area contributed by atoms with Crippen molar-refractivity contribution in [1.29, 1.82) is 0 Å². The molecule has 3 heterocycles. The zero-order valence-corrected chi connectivity index (χ0v) is 20.9. The molecule has 3 aromatic heterocycles. The van der Waals surface area contributed by atoms with Gasteiger partial charge < -0.3 is 24.7 Å². The average molecular weight is 501 g/mol. The number of nitrogens with one attached hydrogen (secondary N) is 1. The second kappa shape index (κ2) is 10.2. The smallest absolute Gasteiger partial charge is 0.263 e. The van der Waals surface area contributed by atoms with Crippen molar-refractivity contribution in [3.05, 3.63) is 51.5 Å². The zero-order valence-electron chi connectivity index (χ0n) is 20.2. The first kappa shape index (κ1) is 24.9. The van der Waals surface area contributed by atoms with Crippen LogP contribution >= 0.6 is 11.6 Å². The van der Waals surface area contributed by atoms with Crippen LogP contribution in [0.2, 0.25) is 5.02 Å². The van der Waals surface area contributed by atoms with Gasteiger partial charge in [0.25, 0.3) is 11.4 Å². The molecule has 0 saturated carbocycles. The molecule has 11 heteroatoms. The molecule has 0 saturated heterocycles. The van der Waals surface area contributed by atoms with E-state index < -0.39 is 0 Å². The topological polar surface area (TPSA) is 134 Å². The van der Waals surface area contributed by atoms with Crippen molar-refractivity contribution >= 4 is 17.2 Å². The number of benzene rings is 1. The fraction of sp³-hybridized carbons (Fsp3) is 0.417. The summed E-state index contributed by atoms with van der Waals surface area (Å²) in [6, 6.07) is 6.77. The molecule has 1 atom stereocenters. The van der Waals surface area contributed by atoms with Crippen LogP contribution in [0.5, 0.6) is 5.75 Å². The van der Waals surface area contributed by atoms with Crippen LogP contribution in [0.25, 0.3) is 28.5 Å². The lowest BCUT2D eigenvalue weighted by atomic mass is 9.97. The normalized spacial score (nSPS) is 12.9. The summed E-state index contributed by atoms with van der Waals surface area (Å²) < 4.78 is 18.3. The van der Waals surface area contributed by atoms with E-state index in [9.17, 15) is 4.79 Å². The van der Waals surface area contributed by atoms with Crippen LogP contribution in [0.15, 0.2) is 39.8 Å². The number of fused-ring (bicyclic) bond motifs is 1. The Bertz CT molecular complexity index is 1370. The van der Waals surface area contributed by atoms with Gasteiger partial charge in [0.1, 0.15) is 17.0 Å². The molecule has 0 amide bonds. The molecule has 1 aromatic carbocycles. The fourth-order valence-corrected chi connectivity index (χ4v) is 4.12. The molecule has 0 bridgehead atoms. The van der Waals surface area contributed by atoms with Gasteiger partial charge in [0.05, 0.1) is 29.6 Å². The molecule has 35 heavy (non-hydrogen) atoms. The minimum atomic E-state index is -0.255. The SMILES string of the molecule is COc1ccc(-c2noc(-c3cnn4c(C(CCN)CCOC(C)(C)C)cc(=O)[nH]c34)n2)cc1Cl. The Kier molecular flexibility index (Phi) is 7.25. The number of nitrogens with two attached hydrogens (primary N) is 1.